The lowest BCUT2D eigenvalue weighted by Crippen LogP contribution is -2.17. The summed E-state index contributed by atoms with van der Waals surface area (Å²) in [6.07, 6.45) is 0. The summed E-state index contributed by atoms with van der Waals surface area (Å²) in [5.74, 6) is -0.385. The Hall–Kier alpha value is -3.45. The summed E-state index contributed by atoms with van der Waals surface area (Å²) < 4.78 is 6.47. The first-order valence-corrected chi connectivity index (χ1v) is 9.14. The molecular weight excluding hydrogens is 362 g/mol. The molecule has 7 heteroatoms. The lowest BCUT2D eigenvalue weighted by atomic mass is 10.1. The highest BCUT2D eigenvalue weighted by Crippen LogP contribution is 2.21. The molecule has 0 bridgehead atoms. The molecule has 0 unspecified atom stereocenters. The molecule has 0 fully saturated rings. The SMILES string of the molecule is O=C(Nc1ccccc1)c1ccc(Cn2nc(-c3cccs3)oc2=O)cc1. The van der Waals surface area contributed by atoms with Gasteiger partial charge in [-0.05, 0) is 41.3 Å². The van der Waals surface area contributed by atoms with E-state index in [1.54, 1.807) is 24.3 Å². The number of anilines is 1. The van der Waals surface area contributed by atoms with Gasteiger partial charge in [0, 0.05) is 11.3 Å². The number of carbonyl (C=O) groups excluding carboxylic acids is 1. The second kappa shape index (κ2) is 7.43. The van der Waals surface area contributed by atoms with E-state index in [-0.39, 0.29) is 12.5 Å². The average molecular weight is 377 g/mol. The van der Waals surface area contributed by atoms with E-state index in [4.69, 9.17) is 4.42 Å². The number of nitrogens with one attached hydrogen (secondary N) is 1. The molecule has 0 aliphatic rings. The summed E-state index contributed by atoms with van der Waals surface area (Å²) in [7, 11) is 0. The van der Waals surface area contributed by atoms with Crippen molar-refractivity contribution in [2.75, 3.05) is 5.32 Å². The Balaban J connectivity index is 1.47. The van der Waals surface area contributed by atoms with Crippen LogP contribution in [0.4, 0.5) is 5.69 Å². The van der Waals surface area contributed by atoms with Crippen LogP contribution < -0.4 is 11.1 Å². The van der Waals surface area contributed by atoms with Crippen molar-refractivity contribution in [2.24, 2.45) is 0 Å². The van der Waals surface area contributed by atoms with E-state index < -0.39 is 5.76 Å². The minimum atomic E-state index is -0.510. The Bertz CT molecular complexity index is 1100. The van der Waals surface area contributed by atoms with E-state index in [1.807, 2.05) is 47.8 Å². The molecule has 134 valence electrons. The topological polar surface area (TPSA) is 77.1 Å². The van der Waals surface area contributed by atoms with Crippen LogP contribution in [0.5, 0.6) is 0 Å². The van der Waals surface area contributed by atoms with Crippen LogP contribution in [0.25, 0.3) is 10.8 Å². The van der Waals surface area contributed by atoms with Gasteiger partial charge in [0.25, 0.3) is 11.8 Å². The maximum Gasteiger partial charge on any atom is 0.437 e. The second-order valence-corrected chi connectivity index (χ2v) is 6.77. The third-order valence-electron chi connectivity index (χ3n) is 3.92. The highest BCUT2D eigenvalue weighted by atomic mass is 32.1. The summed E-state index contributed by atoms with van der Waals surface area (Å²) in [6, 6.07) is 20.0. The number of amides is 1. The Morgan fingerprint density at radius 3 is 2.52 bits per heavy atom. The van der Waals surface area contributed by atoms with Gasteiger partial charge in [-0.1, -0.05) is 36.4 Å². The number of para-hydroxylation sites is 1. The standard InChI is InChI=1S/C20H15N3O3S/c24-18(21-16-5-2-1-3-6-16)15-10-8-14(9-11-15)13-23-20(25)26-19(22-23)17-7-4-12-27-17/h1-12H,13H2,(H,21,24). The van der Waals surface area contributed by atoms with Crippen molar-refractivity contribution in [3.63, 3.8) is 0 Å². The van der Waals surface area contributed by atoms with E-state index in [2.05, 4.69) is 10.4 Å². The fourth-order valence-electron chi connectivity index (χ4n) is 2.57. The van der Waals surface area contributed by atoms with Crippen molar-refractivity contribution in [3.8, 4) is 10.8 Å². The van der Waals surface area contributed by atoms with Crippen LogP contribution in [0, 0.1) is 0 Å². The van der Waals surface area contributed by atoms with Gasteiger partial charge < -0.3 is 9.73 Å². The highest BCUT2D eigenvalue weighted by molar-refractivity contribution is 7.13. The molecule has 0 radical (unpaired) electrons. The summed E-state index contributed by atoms with van der Waals surface area (Å²) >= 11 is 1.46. The third kappa shape index (κ3) is 3.88. The smallest absolute Gasteiger partial charge is 0.387 e. The van der Waals surface area contributed by atoms with Crippen molar-refractivity contribution < 1.29 is 9.21 Å². The van der Waals surface area contributed by atoms with Crippen molar-refractivity contribution in [2.45, 2.75) is 6.54 Å². The quantitative estimate of drug-likeness (QED) is 0.573. The maximum absolute atomic E-state index is 12.3. The van der Waals surface area contributed by atoms with E-state index in [0.717, 1.165) is 16.1 Å². The van der Waals surface area contributed by atoms with Crippen LogP contribution in [0.1, 0.15) is 15.9 Å². The Morgan fingerprint density at radius 2 is 1.81 bits per heavy atom. The first-order valence-electron chi connectivity index (χ1n) is 8.26. The summed E-state index contributed by atoms with van der Waals surface area (Å²) in [5, 5.41) is 8.96. The van der Waals surface area contributed by atoms with E-state index in [9.17, 15) is 9.59 Å². The van der Waals surface area contributed by atoms with Crippen LogP contribution in [-0.4, -0.2) is 15.7 Å². The number of nitrogens with zero attached hydrogens (tertiary/aromatic N) is 2. The number of aromatic nitrogens is 2. The fourth-order valence-corrected chi connectivity index (χ4v) is 3.21. The van der Waals surface area contributed by atoms with Crippen molar-refractivity contribution >= 4 is 22.9 Å². The average Bonchev–Trinajstić information content (AvgIpc) is 3.34. The molecule has 2 aromatic carbocycles. The molecule has 2 aromatic heterocycles. The molecule has 0 atom stereocenters. The van der Waals surface area contributed by atoms with Crippen LogP contribution in [0.2, 0.25) is 0 Å². The zero-order chi connectivity index (χ0) is 18.6. The molecule has 6 nitrogen and oxygen atoms in total. The maximum atomic E-state index is 12.3. The molecule has 0 spiro atoms. The monoisotopic (exact) mass is 377 g/mol. The van der Waals surface area contributed by atoms with Crippen LogP contribution >= 0.6 is 11.3 Å². The first kappa shape index (κ1) is 17.0. The first-order chi connectivity index (χ1) is 13.2. The zero-order valence-corrected chi connectivity index (χ0v) is 15.0. The number of hydrogen-bond acceptors (Lipinski definition) is 5. The molecule has 0 saturated carbocycles. The molecule has 4 aromatic rings. The lowest BCUT2D eigenvalue weighted by Gasteiger charge is -2.06. The Morgan fingerprint density at radius 1 is 1.04 bits per heavy atom. The van der Waals surface area contributed by atoms with Crippen LogP contribution in [0.15, 0.2) is 81.3 Å². The van der Waals surface area contributed by atoms with Crippen LogP contribution in [0.3, 0.4) is 0 Å². The largest absolute Gasteiger partial charge is 0.437 e. The third-order valence-corrected chi connectivity index (χ3v) is 4.78. The van der Waals surface area contributed by atoms with Gasteiger partial charge in [-0.3, -0.25) is 4.79 Å². The van der Waals surface area contributed by atoms with Crippen molar-refractivity contribution in [3.05, 3.63) is 93.8 Å². The zero-order valence-electron chi connectivity index (χ0n) is 14.2. The number of carbonyl (C=O) groups is 1. The molecule has 0 saturated heterocycles. The highest BCUT2D eigenvalue weighted by Gasteiger charge is 2.12. The van der Waals surface area contributed by atoms with Gasteiger partial charge >= 0.3 is 5.76 Å². The van der Waals surface area contributed by atoms with Gasteiger partial charge in [-0.2, -0.15) is 4.68 Å². The van der Waals surface area contributed by atoms with E-state index in [1.165, 1.54) is 16.0 Å². The molecular formula is C20H15N3O3S. The Kier molecular flexibility index (Phi) is 4.67. The predicted molar refractivity (Wildman–Crippen MR) is 104 cm³/mol. The molecule has 0 aliphatic carbocycles. The lowest BCUT2D eigenvalue weighted by molar-refractivity contribution is 0.102. The summed E-state index contributed by atoms with van der Waals surface area (Å²) in [4.78, 5) is 25.1. The Labute approximate surface area is 158 Å². The molecule has 2 heterocycles. The minimum absolute atomic E-state index is 0.189. The number of hydrogen-bond donors (Lipinski definition) is 1. The number of benzene rings is 2. The van der Waals surface area contributed by atoms with Gasteiger partial charge in [0.2, 0.25) is 0 Å². The van der Waals surface area contributed by atoms with Gasteiger partial charge in [0.15, 0.2) is 0 Å². The van der Waals surface area contributed by atoms with Gasteiger partial charge in [0.1, 0.15) is 0 Å². The van der Waals surface area contributed by atoms with Crippen molar-refractivity contribution in [1.82, 2.24) is 9.78 Å². The van der Waals surface area contributed by atoms with E-state index >= 15 is 0 Å². The normalized spacial score (nSPS) is 10.7. The predicted octanol–water partition coefficient (Wildman–Crippen LogP) is 3.87. The summed E-state index contributed by atoms with van der Waals surface area (Å²) in [5.41, 5.74) is 2.12. The molecule has 1 N–H and O–H groups in total. The van der Waals surface area contributed by atoms with Crippen LogP contribution in [-0.2, 0) is 6.54 Å². The second-order valence-electron chi connectivity index (χ2n) is 5.83. The summed E-state index contributed by atoms with van der Waals surface area (Å²) in [6.45, 7) is 0.272. The number of thiophene rings is 1. The molecule has 27 heavy (non-hydrogen) atoms. The van der Waals surface area contributed by atoms with Gasteiger partial charge in [-0.15, -0.1) is 16.4 Å². The van der Waals surface area contributed by atoms with Gasteiger partial charge in [0.05, 0.1) is 11.4 Å². The number of rotatable bonds is 5. The molecule has 4 rings (SSSR count). The van der Waals surface area contributed by atoms with E-state index in [0.29, 0.717) is 11.5 Å². The van der Waals surface area contributed by atoms with Gasteiger partial charge in [-0.25, -0.2) is 4.79 Å². The molecule has 1 amide bonds. The molecule has 0 aliphatic heterocycles. The van der Waals surface area contributed by atoms with Crippen molar-refractivity contribution in [1.29, 1.82) is 0 Å². The minimum Gasteiger partial charge on any atom is -0.387 e. The fraction of sp³-hybridized carbons (Fsp3) is 0.0500.